The Kier molecular flexibility index (Phi) is 1.62. The van der Waals surface area contributed by atoms with E-state index in [0.717, 1.165) is 0 Å². The van der Waals surface area contributed by atoms with Crippen molar-refractivity contribution in [2.24, 2.45) is 0 Å². The zero-order valence-electron chi connectivity index (χ0n) is 11.9. The predicted octanol–water partition coefficient (Wildman–Crippen LogP) is 1.70. The largest absolute Gasteiger partial charge is 0.390 e. The number of imidazole rings is 1. The van der Waals surface area contributed by atoms with Gasteiger partial charge in [0.2, 0.25) is 0 Å². The number of hydrogen-bond donors (Lipinski definition) is 2. The molecule has 0 radical (unpaired) electrons. The molecule has 0 amide bonds. The van der Waals surface area contributed by atoms with Crippen molar-refractivity contribution in [1.82, 2.24) is 14.4 Å². The molecule has 2 aromatic rings. The molecular weight excluding hydrogens is 284 g/mol. The highest BCUT2D eigenvalue weighted by molar-refractivity contribution is 9.10. The van der Waals surface area contributed by atoms with Crippen molar-refractivity contribution in [2.45, 2.75) is 31.2 Å². The number of rotatable bonds is 1. The van der Waals surface area contributed by atoms with E-state index in [1.807, 2.05) is 0 Å². The van der Waals surface area contributed by atoms with Crippen LogP contribution in [0.25, 0.3) is 5.52 Å². The summed E-state index contributed by atoms with van der Waals surface area (Å²) in [4.78, 5) is 8.39. The van der Waals surface area contributed by atoms with Gasteiger partial charge in [-0.25, -0.2) is 9.97 Å². The van der Waals surface area contributed by atoms with Gasteiger partial charge in [0.25, 0.3) is 0 Å². The maximum absolute atomic E-state index is 10.1. The second kappa shape index (κ2) is 3.43. The van der Waals surface area contributed by atoms with Crippen LogP contribution in [0.3, 0.4) is 0 Å². The average Bonchev–Trinajstić information content (AvgIpc) is 2.62. The van der Waals surface area contributed by atoms with Crippen LogP contribution in [0.1, 0.15) is 35.5 Å². The molecule has 0 bridgehead atoms. The Hall–Kier alpha value is -1.14. The minimum Gasteiger partial charge on any atom is -0.390 e. The second-order valence-electron chi connectivity index (χ2n) is 4.43. The molecule has 2 aromatic heterocycles. The van der Waals surface area contributed by atoms with Gasteiger partial charge >= 0.3 is 0 Å². The molecule has 0 atom stereocenters. The van der Waals surface area contributed by atoms with E-state index in [0.29, 0.717) is 21.8 Å². The van der Waals surface area contributed by atoms with E-state index in [9.17, 15) is 5.11 Å². The number of aliphatic hydroxyl groups is 1. The highest BCUT2D eigenvalue weighted by atomic mass is 79.9. The Morgan fingerprint density at radius 2 is 2.47 bits per heavy atom. The van der Waals surface area contributed by atoms with Gasteiger partial charge in [0.1, 0.15) is 15.9 Å². The van der Waals surface area contributed by atoms with Crippen LogP contribution in [0, 0.1) is 0 Å². The van der Waals surface area contributed by atoms with Gasteiger partial charge in [-0.1, -0.05) is 0 Å². The zero-order chi connectivity index (χ0) is 14.7. The molecule has 1 fully saturated rings. The lowest BCUT2D eigenvalue weighted by Crippen LogP contribution is -2.40. The molecule has 1 saturated carbocycles. The summed E-state index contributed by atoms with van der Waals surface area (Å²) < 4.78 is 24.4. The van der Waals surface area contributed by atoms with E-state index in [-0.39, 0.29) is 18.8 Å². The fraction of sp³-hybridized carbons (Fsp3) is 0.455. The summed E-state index contributed by atoms with van der Waals surface area (Å²) in [6, 6.07) is 0. The summed E-state index contributed by atoms with van der Waals surface area (Å²) in [5, 5.41) is 10.1. The molecule has 17 heavy (non-hydrogen) atoms. The van der Waals surface area contributed by atoms with Crippen molar-refractivity contribution in [2.75, 3.05) is 5.73 Å². The number of aromatic nitrogens is 3. The molecule has 2 heterocycles. The minimum absolute atomic E-state index is 0.110. The molecular formula is C11H13BrN4O. The summed E-state index contributed by atoms with van der Waals surface area (Å²) in [7, 11) is 0. The van der Waals surface area contributed by atoms with Gasteiger partial charge in [0.05, 0.1) is 5.60 Å². The van der Waals surface area contributed by atoms with Crippen molar-refractivity contribution < 1.29 is 9.22 Å². The Morgan fingerprint density at radius 3 is 3.18 bits per heavy atom. The van der Waals surface area contributed by atoms with Crippen LogP contribution < -0.4 is 5.73 Å². The third kappa shape index (κ3) is 1.63. The van der Waals surface area contributed by atoms with Crippen molar-refractivity contribution in [3.8, 4) is 0 Å². The van der Waals surface area contributed by atoms with E-state index in [2.05, 4.69) is 25.9 Å². The van der Waals surface area contributed by atoms with Crippen LogP contribution >= 0.6 is 15.9 Å². The number of nitrogens with two attached hydrogens (primary N) is 1. The molecule has 3 rings (SSSR count). The molecule has 0 aliphatic heterocycles. The maximum Gasteiger partial charge on any atom is 0.150 e. The Labute approximate surface area is 111 Å². The number of nitrogen functional groups attached to an aromatic ring is 1. The van der Waals surface area contributed by atoms with Gasteiger partial charge in [-0.2, -0.15) is 0 Å². The van der Waals surface area contributed by atoms with E-state index in [4.69, 9.17) is 9.85 Å². The molecule has 0 aromatic carbocycles. The standard InChI is InChI=1S/C11H13BrN4O/c1-11(17)4-6(5-11)10-15-8(12)7-9(13)14-2-3-16(7)10/h2-3,6,17H,4-5H2,1H3,(H2,13,14)/i1D3. The molecule has 0 unspecified atom stereocenters. The van der Waals surface area contributed by atoms with E-state index in [1.54, 1.807) is 16.8 Å². The topological polar surface area (TPSA) is 76.4 Å². The summed E-state index contributed by atoms with van der Waals surface area (Å²) in [6.45, 7) is -2.37. The molecule has 0 spiro atoms. The number of anilines is 1. The monoisotopic (exact) mass is 299 g/mol. The lowest BCUT2D eigenvalue weighted by molar-refractivity contribution is -0.0335. The average molecular weight is 300 g/mol. The van der Waals surface area contributed by atoms with Crippen LogP contribution in [-0.2, 0) is 0 Å². The normalized spacial score (nSPS) is 31.6. The first-order valence-corrected chi connectivity index (χ1v) is 6.02. The van der Waals surface area contributed by atoms with Gasteiger partial charge in [0, 0.05) is 22.4 Å². The zero-order valence-corrected chi connectivity index (χ0v) is 10.5. The third-order valence-electron chi connectivity index (χ3n) is 3.10. The summed E-state index contributed by atoms with van der Waals surface area (Å²) in [5.41, 5.74) is 4.85. The van der Waals surface area contributed by atoms with Crippen molar-refractivity contribution in [3.63, 3.8) is 0 Å². The van der Waals surface area contributed by atoms with Gasteiger partial charge in [0.15, 0.2) is 5.82 Å². The highest BCUT2D eigenvalue weighted by Crippen LogP contribution is 2.44. The minimum atomic E-state index is -2.37. The maximum atomic E-state index is 10.1. The molecule has 1 aliphatic rings. The fourth-order valence-electron chi connectivity index (χ4n) is 2.27. The van der Waals surface area contributed by atoms with Crippen molar-refractivity contribution in [3.05, 3.63) is 22.8 Å². The number of halogens is 1. The predicted molar refractivity (Wildman–Crippen MR) is 67.7 cm³/mol. The highest BCUT2D eigenvalue weighted by Gasteiger charge is 2.41. The first kappa shape index (κ1) is 8.05. The van der Waals surface area contributed by atoms with E-state index >= 15 is 0 Å². The van der Waals surface area contributed by atoms with Gasteiger partial charge in [-0.3, -0.25) is 4.40 Å². The lowest BCUT2D eigenvalue weighted by atomic mass is 9.72. The van der Waals surface area contributed by atoms with Crippen molar-refractivity contribution in [1.29, 1.82) is 0 Å². The van der Waals surface area contributed by atoms with Crippen molar-refractivity contribution >= 4 is 27.3 Å². The fourth-order valence-corrected chi connectivity index (χ4v) is 2.84. The second-order valence-corrected chi connectivity index (χ2v) is 5.18. The summed E-state index contributed by atoms with van der Waals surface area (Å²) in [6.07, 6.45) is 3.62. The molecule has 90 valence electrons. The summed E-state index contributed by atoms with van der Waals surface area (Å²) in [5.74, 6) is 0.930. The quantitative estimate of drug-likeness (QED) is 0.840. The number of hydrogen-bond acceptors (Lipinski definition) is 4. The number of nitrogens with zero attached hydrogens (tertiary/aromatic N) is 3. The van der Waals surface area contributed by atoms with Crippen LogP contribution in [0.4, 0.5) is 5.82 Å². The Balaban J connectivity index is 1.97. The van der Waals surface area contributed by atoms with E-state index in [1.165, 1.54) is 0 Å². The molecule has 6 heteroatoms. The first-order chi connectivity index (χ1) is 9.23. The molecule has 0 saturated heterocycles. The molecule has 1 aliphatic carbocycles. The van der Waals surface area contributed by atoms with Gasteiger partial charge in [-0.05, 0) is 35.6 Å². The summed E-state index contributed by atoms with van der Waals surface area (Å²) >= 11 is 3.33. The number of fused-ring (bicyclic) bond motifs is 1. The third-order valence-corrected chi connectivity index (χ3v) is 3.65. The smallest absolute Gasteiger partial charge is 0.150 e. The van der Waals surface area contributed by atoms with Crippen LogP contribution in [0.5, 0.6) is 0 Å². The Bertz CT molecular complexity index is 678. The van der Waals surface area contributed by atoms with Crippen LogP contribution in [0.15, 0.2) is 17.0 Å². The van der Waals surface area contributed by atoms with Crippen LogP contribution in [-0.4, -0.2) is 25.1 Å². The SMILES string of the molecule is [2H]C([2H])([2H])C1(O)CC(c2nc(Br)c3c(N)nccn23)C1. The van der Waals surface area contributed by atoms with Crippen LogP contribution in [0.2, 0.25) is 0 Å². The first-order valence-electron chi connectivity index (χ1n) is 6.73. The van der Waals surface area contributed by atoms with Gasteiger partial charge in [-0.15, -0.1) is 0 Å². The molecule has 3 N–H and O–H groups in total. The molecule has 5 nitrogen and oxygen atoms in total. The Morgan fingerprint density at radius 1 is 1.71 bits per heavy atom. The van der Waals surface area contributed by atoms with E-state index < -0.39 is 12.5 Å². The van der Waals surface area contributed by atoms with Gasteiger partial charge < -0.3 is 10.8 Å². The lowest BCUT2D eigenvalue weighted by Gasteiger charge is -2.40.